The van der Waals surface area contributed by atoms with Gasteiger partial charge in [-0.25, -0.2) is 4.98 Å². The van der Waals surface area contributed by atoms with Gasteiger partial charge >= 0.3 is 0 Å². The maximum Gasteiger partial charge on any atom is 0.181 e. The highest BCUT2D eigenvalue weighted by atomic mass is 15.3. The molecule has 2 heterocycles. The molecular weight excluding hydrogens is 264 g/mol. The van der Waals surface area contributed by atoms with Crippen LogP contribution in [0.5, 0.6) is 0 Å². The largest absolute Gasteiger partial charge is 0.379 e. The van der Waals surface area contributed by atoms with Crippen LogP contribution in [0.3, 0.4) is 0 Å². The molecule has 1 aromatic carbocycles. The van der Waals surface area contributed by atoms with Crippen molar-refractivity contribution < 1.29 is 0 Å². The maximum atomic E-state index is 4.43. The number of aromatic nitrogens is 5. The normalized spacial score (nSPS) is 10.8. The van der Waals surface area contributed by atoms with Crippen molar-refractivity contribution in [1.29, 1.82) is 0 Å². The standard InChI is InChI=1S/C15H18N6/c1-10-9-21(3)20-14(10)8-16-13-6-4-5-12(7-13)15-17-11(2)18-19-15/h4-7,9,16H,8H2,1-3H3,(H,17,18,19). The van der Waals surface area contributed by atoms with Crippen molar-refractivity contribution >= 4 is 5.69 Å². The van der Waals surface area contributed by atoms with Gasteiger partial charge in [-0.1, -0.05) is 12.1 Å². The van der Waals surface area contributed by atoms with Crippen LogP contribution in [-0.2, 0) is 13.6 Å². The van der Waals surface area contributed by atoms with Crippen LogP contribution in [0.15, 0.2) is 30.5 Å². The minimum atomic E-state index is 0.698. The molecule has 0 saturated heterocycles. The van der Waals surface area contributed by atoms with Crippen molar-refractivity contribution in [2.75, 3.05) is 5.32 Å². The zero-order valence-electron chi connectivity index (χ0n) is 12.4. The Labute approximate surface area is 123 Å². The second kappa shape index (κ2) is 5.40. The Morgan fingerprint density at radius 2 is 2.14 bits per heavy atom. The number of aryl methyl sites for hydroxylation is 3. The van der Waals surface area contributed by atoms with Gasteiger partial charge in [-0.2, -0.15) is 10.2 Å². The number of aromatic amines is 1. The Morgan fingerprint density at radius 1 is 1.29 bits per heavy atom. The third-order valence-corrected chi connectivity index (χ3v) is 3.29. The summed E-state index contributed by atoms with van der Waals surface area (Å²) in [5.41, 5.74) is 4.25. The number of hydrogen-bond acceptors (Lipinski definition) is 4. The molecule has 0 aliphatic carbocycles. The fraction of sp³-hybridized carbons (Fsp3) is 0.267. The minimum absolute atomic E-state index is 0.698. The Bertz CT molecular complexity index is 755. The van der Waals surface area contributed by atoms with Crippen molar-refractivity contribution in [3.05, 3.63) is 47.5 Å². The highest BCUT2D eigenvalue weighted by molar-refractivity contribution is 5.62. The molecule has 0 amide bonds. The summed E-state index contributed by atoms with van der Waals surface area (Å²) < 4.78 is 1.83. The molecule has 0 fully saturated rings. The van der Waals surface area contributed by atoms with Crippen molar-refractivity contribution in [3.63, 3.8) is 0 Å². The van der Waals surface area contributed by atoms with Gasteiger partial charge in [-0.3, -0.25) is 9.78 Å². The summed E-state index contributed by atoms with van der Waals surface area (Å²) in [6.45, 7) is 4.66. The molecule has 0 aliphatic rings. The Morgan fingerprint density at radius 3 is 2.81 bits per heavy atom. The molecule has 6 heteroatoms. The zero-order valence-corrected chi connectivity index (χ0v) is 12.4. The van der Waals surface area contributed by atoms with E-state index in [1.807, 2.05) is 49.1 Å². The molecule has 0 spiro atoms. The summed E-state index contributed by atoms with van der Waals surface area (Å²) >= 11 is 0. The fourth-order valence-electron chi connectivity index (χ4n) is 2.25. The summed E-state index contributed by atoms with van der Waals surface area (Å²) in [6, 6.07) is 8.07. The SMILES string of the molecule is Cc1nc(-c2cccc(NCc3nn(C)cc3C)c2)n[nH]1. The molecule has 2 N–H and O–H groups in total. The van der Waals surface area contributed by atoms with E-state index >= 15 is 0 Å². The van der Waals surface area contributed by atoms with Gasteiger partial charge < -0.3 is 5.32 Å². The highest BCUT2D eigenvalue weighted by Gasteiger charge is 2.06. The van der Waals surface area contributed by atoms with Gasteiger partial charge in [-0.05, 0) is 31.5 Å². The Kier molecular flexibility index (Phi) is 3.43. The van der Waals surface area contributed by atoms with E-state index in [9.17, 15) is 0 Å². The number of nitrogens with one attached hydrogen (secondary N) is 2. The lowest BCUT2D eigenvalue weighted by Gasteiger charge is -2.06. The van der Waals surface area contributed by atoms with Crippen molar-refractivity contribution in [3.8, 4) is 11.4 Å². The number of nitrogens with zero attached hydrogens (tertiary/aromatic N) is 4. The van der Waals surface area contributed by atoms with Crippen molar-refractivity contribution in [2.45, 2.75) is 20.4 Å². The number of H-pyrrole nitrogens is 1. The number of rotatable bonds is 4. The van der Waals surface area contributed by atoms with Crippen molar-refractivity contribution in [2.24, 2.45) is 7.05 Å². The molecule has 0 radical (unpaired) electrons. The van der Waals surface area contributed by atoms with Crippen LogP contribution in [0.2, 0.25) is 0 Å². The Hall–Kier alpha value is -2.63. The van der Waals surface area contributed by atoms with E-state index in [-0.39, 0.29) is 0 Å². The van der Waals surface area contributed by atoms with Crippen LogP contribution in [0.1, 0.15) is 17.1 Å². The first-order chi connectivity index (χ1) is 10.1. The summed E-state index contributed by atoms with van der Waals surface area (Å²) in [5, 5.41) is 14.9. The van der Waals surface area contributed by atoms with E-state index in [2.05, 4.69) is 32.5 Å². The predicted molar refractivity (Wildman–Crippen MR) is 81.8 cm³/mol. The van der Waals surface area contributed by atoms with Crippen LogP contribution < -0.4 is 5.32 Å². The average molecular weight is 282 g/mol. The summed E-state index contributed by atoms with van der Waals surface area (Å²) in [6.07, 6.45) is 2.02. The second-order valence-corrected chi connectivity index (χ2v) is 5.11. The molecule has 3 rings (SSSR count). The number of anilines is 1. The van der Waals surface area contributed by atoms with Crippen LogP contribution in [0.4, 0.5) is 5.69 Å². The first-order valence-corrected chi connectivity index (χ1v) is 6.84. The second-order valence-electron chi connectivity index (χ2n) is 5.11. The zero-order chi connectivity index (χ0) is 14.8. The summed E-state index contributed by atoms with van der Waals surface area (Å²) in [4.78, 5) is 4.35. The minimum Gasteiger partial charge on any atom is -0.379 e. The molecule has 0 aliphatic heterocycles. The van der Waals surface area contributed by atoms with E-state index < -0.39 is 0 Å². The molecular formula is C15H18N6. The topological polar surface area (TPSA) is 71.4 Å². The van der Waals surface area contributed by atoms with Gasteiger partial charge in [0.15, 0.2) is 5.82 Å². The smallest absolute Gasteiger partial charge is 0.181 e. The molecule has 2 aromatic heterocycles. The summed E-state index contributed by atoms with van der Waals surface area (Å²) in [7, 11) is 1.93. The molecule has 0 unspecified atom stereocenters. The van der Waals surface area contributed by atoms with E-state index in [0.717, 1.165) is 22.8 Å². The molecule has 108 valence electrons. The van der Waals surface area contributed by atoms with Gasteiger partial charge in [0.2, 0.25) is 0 Å². The monoisotopic (exact) mass is 282 g/mol. The first kappa shape index (κ1) is 13.4. The van der Waals surface area contributed by atoms with Crippen LogP contribution in [0, 0.1) is 13.8 Å². The lowest BCUT2D eigenvalue weighted by molar-refractivity contribution is 0.747. The van der Waals surface area contributed by atoms with E-state index in [0.29, 0.717) is 12.4 Å². The van der Waals surface area contributed by atoms with Gasteiger partial charge in [0.25, 0.3) is 0 Å². The van der Waals surface area contributed by atoms with E-state index in [1.165, 1.54) is 5.56 Å². The molecule has 21 heavy (non-hydrogen) atoms. The summed E-state index contributed by atoms with van der Waals surface area (Å²) in [5.74, 6) is 1.53. The van der Waals surface area contributed by atoms with Crippen LogP contribution in [0.25, 0.3) is 11.4 Å². The molecule has 0 saturated carbocycles. The van der Waals surface area contributed by atoms with E-state index in [1.54, 1.807) is 0 Å². The van der Waals surface area contributed by atoms with Gasteiger partial charge in [0, 0.05) is 24.5 Å². The van der Waals surface area contributed by atoms with E-state index in [4.69, 9.17) is 0 Å². The molecule has 0 bridgehead atoms. The Balaban J connectivity index is 1.76. The average Bonchev–Trinajstić information content (AvgIpc) is 3.03. The predicted octanol–water partition coefficient (Wildman–Crippen LogP) is 2.43. The molecule has 6 nitrogen and oxygen atoms in total. The number of benzene rings is 1. The van der Waals surface area contributed by atoms with Gasteiger partial charge in [0.1, 0.15) is 5.82 Å². The highest BCUT2D eigenvalue weighted by Crippen LogP contribution is 2.20. The number of hydrogen-bond donors (Lipinski definition) is 2. The first-order valence-electron chi connectivity index (χ1n) is 6.84. The van der Waals surface area contributed by atoms with Crippen molar-refractivity contribution in [1.82, 2.24) is 25.0 Å². The van der Waals surface area contributed by atoms with Crippen LogP contribution in [-0.4, -0.2) is 25.0 Å². The quantitative estimate of drug-likeness (QED) is 0.771. The third kappa shape index (κ3) is 2.94. The lowest BCUT2D eigenvalue weighted by atomic mass is 10.2. The lowest BCUT2D eigenvalue weighted by Crippen LogP contribution is -2.02. The third-order valence-electron chi connectivity index (χ3n) is 3.29. The fourth-order valence-corrected chi connectivity index (χ4v) is 2.25. The van der Waals surface area contributed by atoms with Gasteiger partial charge in [0.05, 0.1) is 12.2 Å². The van der Waals surface area contributed by atoms with Gasteiger partial charge in [-0.15, -0.1) is 0 Å². The molecule has 3 aromatic rings. The molecule has 0 atom stereocenters. The maximum absolute atomic E-state index is 4.43. The van der Waals surface area contributed by atoms with Crippen LogP contribution >= 0.6 is 0 Å².